The molecule has 0 aromatic carbocycles. The van der Waals surface area contributed by atoms with Gasteiger partial charge in [0.1, 0.15) is 5.76 Å². The van der Waals surface area contributed by atoms with Crippen LogP contribution in [0.4, 0.5) is 4.79 Å². The number of urea groups is 1. The topological polar surface area (TPSA) is 101 Å². The molecule has 3 N–H and O–H groups in total. The first-order valence-electron chi connectivity index (χ1n) is 5.73. The summed E-state index contributed by atoms with van der Waals surface area (Å²) in [6.45, 7) is 4.16. The summed E-state index contributed by atoms with van der Waals surface area (Å²) >= 11 is 0. The van der Waals surface area contributed by atoms with E-state index in [1.54, 1.807) is 7.11 Å². The van der Waals surface area contributed by atoms with Gasteiger partial charge >= 0.3 is 12.0 Å². The SMILES string of the molecule is COC(C)(C)CNC(=O)NCc1ccc(C(=O)O)o1. The fraction of sp³-hybridized carbons (Fsp3) is 0.500. The third-order valence-corrected chi connectivity index (χ3v) is 2.52. The number of ether oxygens (including phenoxy) is 1. The Labute approximate surface area is 110 Å². The van der Waals surface area contributed by atoms with E-state index in [2.05, 4.69) is 10.6 Å². The molecule has 0 aliphatic carbocycles. The smallest absolute Gasteiger partial charge is 0.371 e. The normalized spacial score (nSPS) is 11.1. The number of hydrogen-bond acceptors (Lipinski definition) is 4. The van der Waals surface area contributed by atoms with E-state index in [0.29, 0.717) is 12.3 Å². The summed E-state index contributed by atoms with van der Waals surface area (Å²) in [4.78, 5) is 22.1. The van der Waals surface area contributed by atoms with E-state index in [0.717, 1.165) is 0 Å². The molecule has 0 atom stereocenters. The molecule has 1 rings (SSSR count). The van der Waals surface area contributed by atoms with E-state index in [-0.39, 0.29) is 18.3 Å². The van der Waals surface area contributed by atoms with E-state index < -0.39 is 11.6 Å². The van der Waals surface area contributed by atoms with Crippen LogP contribution < -0.4 is 10.6 Å². The standard InChI is InChI=1S/C12H18N2O5/c1-12(2,18-3)7-14-11(17)13-6-8-4-5-9(19-8)10(15)16/h4-5H,6-7H2,1-3H3,(H,15,16)(H2,13,14,17). The van der Waals surface area contributed by atoms with Crippen molar-refractivity contribution in [1.82, 2.24) is 10.6 Å². The van der Waals surface area contributed by atoms with Crippen molar-refractivity contribution < 1.29 is 23.8 Å². The predicted octanol–water partition coefficient (Wildman–Crippen LogP) is 1.20. The number of carboxylic acid groups (broad SMARTS) is 1. The van der Waals surface area contributed by atoms with Gasteiger partial charge in [0, 0.05) is 13.7 Å². The summed E-state index contributed by atoms with van der Waals surface area (Å²) in [5.41, 5.74) is -0.446. The van der Waals surface area contributed by atoms with Crippen molar-refractivity contribution in [3.05, 3.63) is 23.7 Å². The molecule has 0 unspecified atom stereocenters. The highest BCUT2D eigenvalue weighted by atomic mass is 16.5. The van der Waals surface area contributed by atoms with Crippen LogP contribution in [-0.2, 0) is 11.3 Å². The molecule has 0 aliphatic rings. The fourth-order valence-corrected chi connectivity index (χ4v) is 1.18. The van der Waals surface area contributed by atoms with Gasteiger partial charge in [-0.15, -0.1) is 0 Å². The molecule has 0 bridgehead atoms. The molecule has 1 aromatic rings. The van der Waals surface area contributed by atoms with Gasteiger partial charge in [0.15, 0.2) is 0 Å². The third-order valence-electron chi connectivity index (χ3n) is 2.52. The number of aromatic carboxylic acids is 1. The Kier molecular flexibility index (Phi) is 4.94. The van der Waals surface area contributed by atoms with Crippen molar-refractivity contribution in [1.29, 1.82) is 0 Å². The molecule has 106 valence electrons. The molecule has 0 fully saturated rings. The summed E-state index contributed by atoms with van der Waals surface area (Å²) in [6, 6.07) is 2.46. The number of carbonyl (C=O) groups is 2. The Hall–Kier alpha value is -2.02. The highest BCUT2D eigenvalue weighted by Gasteiger charge is 2.17. The first kappa shape index (κ1) is 15.0. The van der Waals surface area contributed by atoms with Crippen LogP contribution in [0.3, 0.4) is 0 Å². The molecule has 19 heavy (non-hydrogen) atoms. The minimum atomic E-state index is -1.14. The van der Waals surface area contributed by atoms with Gasteiger partial charge in [0.05, 0.1) is 12.1 Å². The first-order chi connectivity index (χ1) is 8.84. The van der Waals surface area contributed by atoms with Crippen LogP contribution in [0.15, 0.2) is 16.5 Å². The van der Waals surface area contributed by atoms with E-state index >= 15 is 0 Å². The van der Waals surface area contributed by atoms with Crippen molar-refractivity contribution in [3.8, 4) is 0 Å². The maximum atomic E-state index is 11.5. The maximum absolute atomic E-state index is 11.5. The van der Waals surface area contributed by atoms with Crippen LogP contribution in [0.25, 0.3) is 0 Å². The molecule has 0 saturated heterocycles. The lowest BCUT2D eigenvalue weighted by Gasteiger charge is -2.23. The van der Waals surface area contributed by atoms with Crippen molar-refractivity contribution in [2.75, 3.05) is 13.7 Å². The van der Waals surface area contributed by atoms with E-state index in [1.165, 1.54) is 12.1 Å². The lowest BCUT2D eigenvalue weighted by atomic mass is 10.1. The van der Waals surface area contributed by atoms with Crippen LogP contribution in [0.1, 0.15) is 30.2 Å². The van der Waals surface area contributed by atoms with Crippen molar-refractivity contribution >= 4 is 12.0 Å². The Morgan fingerprint density at radius 2 is 2.05 bits per heavy atom. The van der Waals surface area contributed by atoms with Crippen LogP contribution in [0.2, 0.25) is 0 Å². The highest BCUT2D eigenvalue weighted by Crippen LogP contribution is 2.07. The van der Waals surface area contributed by atoms with E-state index in [1.807, 2.05) is 13.8 Å². The lowest BCUT2D eigenvalue weighted by Crippen LogP contribution is -2.44. The van der Waals surface area contributed by atoms with Crippen molar-refractivity contribution in [3.63, 3.8) is 0 Å². The zero-order valence-electron chi connectivity index (χ0n) is 11.1. The molecular formula is C12H18N2O5. The molecular weight excluding hydrogens is 252 g/mol. The number of furan rings is 1. The molecule has 0 radical (unpaired) electrons. The van der Waals surface area contributed by atoms with Gasteiger partial charge in [0.2, 0.25) is 5.76 Å². The largest absolute Gasteiger partial charge is 0.475 e. The number of hydrogen-bond donors (Lipinski definition) is 3. The Balaban J connectivity index is 2.35. The summed E-state index contributed by atoms with van der Waals surface area (Å²) in [5, 5.41) is 13.9. The zero-order chi connectivity index (χ0) is 14.5. The molecule has 2 amide bonds. The summed E-state index contributed by atoms with van der Waals surface area (Å²) in [5.74, 6) is -0.922. The summed E-state index contributed by atoms with van der Waals surface area (Å²) in [7, 11) is 1.57. The minimum Gasteiger partial charge on any atom is -0.475 e. The van der Waals surface area contributed by atoms with Crippen molar-refractivity contribution in [2.24, 2.45) is 0 Å². The van der Waals surface area contributed by atoms with Crippen molar-refractivity contribution in [2.45, 2.75) is 26.0 Å². The minimum absolute atomic E-state index is 0.118. The first-order valence-corrected chi connectivity index (χ1v) is 5.73. The lowest BCUT2D eigenvalue weighted by molar-refractivity contribution is 0.0253. The molecule has 7 nitrogen and oxygen atoms in total. The predicted molar refractivity (Wildman–Crippen MR) is 67.0 cm³/mol. The van der Waals surface area contributed by atoms with Gasteiger partial charge in [-0.05, 0) is 26.0 Å². The number of methoxy groups -OCH3 is 1. The van der Waals surface area contributed by atoms with Crippen LogP contribution in [-0.4, -0.2) is 36.4 Å². The van der Waals surface area contributed by atoms with Crippen LogP contribution in [0, 0.1) is 0 Å². The van der Waals surface area contributed by atoms with E-state index in [4.69, 9.17) is 14.3 Å². The van der Waals surface area contributed by atoms with Gasteiger partial charge in [-0.3, -0.25) is 0 Å². The second-order valence-electron chi connectivity index (χ2n) is 4.57. The molecule has 0 spiro atoms. The molecule has 0 saturated carbocycles. The fourth-order valence-electron chi connectivity index (χ4n) is 1.18. The number of nitrogens with one attached hydrogen (secondary N) is 2. The summed E-state index contributed by atoms with van der Waals surface area (Å²) in [6.07, 6.45) is 0. The zero-order valence-corrected chi connectivity index (χ0v) is 11.1. The second-order valence-corrected chi connectivity index (χ2v) is 4.57. The van der Waals surface area contributed by atoms with E-state index in [9.17, 15) is 9.59 Å². The Morgan fingerprint density at radius 1 is 1.37 bits per heavy atom. The van der Waals surface area contributed by atoms with Crippen LogP contribution >= 0.6 is 0 Å². The number of carbonyl (C=O) groups excluding carboxylic acids is 1. The highest BCUT2D eigenvalue weighted by molar-refractivity contribution is 5.84. The number of carboxylic acids is 1. The van der Waals surface area contributed by atoms with Gasteiger partial charge in [0.25, 0.3) is 0 Å². The van der Waals surface area contributed by atoms with Gasteiger partial charge in [-0.1, -0.05) is 0 Å². The average molecular weight is 270 g/mol. The quantitative estimate of drug-likeness (QED) is 0.721. The summed E-state index contributed by atoms with van der Waals surface area (Å²) < 4.78 is 10.1. The van der Waals surface area contributed by atoms with Gasteiger partial charge in [-0.2, -0.15) is 0 Å². The van der Waals surface area contributed by atoms with Gasteiger partial charge < -0.3 is 24.9 Å². The molecule has 0 aliphatic heterocycles. The maximum Gasteiger partial charge on any atom is 0.371 e. The Bertz CT molecular complexity index is 453. The average Bonchev–Trinajstić information content (AvgIpc) is 2.83. The Morgan fingerprint density at radius 3 is 2.58 bits per heavy atom. The number of amides is 2. The third kappa shape index (κ3) is 5.01. The second kappa shape index (κ2) is 6.24. The van der Waals surface area contributed by atoms with Crippen LogP contribution in [0.5, 0.6) is 0 Å². The number of rotatable bonds is 6. The molecule has 7 heteroatoms. The molecule has 1 heterocycles. The molecule has 1 aromatic heterocycles. The van der Waals surface area contributed by atoms with Gasteiger partial charge in [-0.25, -0.2) is 9.59 Å². The monoisotopic (exact) mass is 270 g/mol.